The third-order valence-corrected chi connectivity index (χ3v) is 5.06. The number of rotatable bonds is 7. The van der Waals surface area contributed by atoms with E-state index >= 15 is 0 Å². The van der Waals surface area contributed by atoms with Crippen LogP contribution < -0.4 is 11.1 Å². The number of hydrogen-bond acceptors (Lipinski definition) is 5. The Balaban J connectivity index is -0.000000317. The molecule has 25 heavy (non-hydrogen) atoms. The van der Waals surface area contributed by atoms with Gasteiger partial charge in [-0.1, -0.05) is 45.7 Å². The van der Waals surface area contributed by atoms with Crippen LogP contribution in [-0.4, -0.2) is 54.8 Å². The Bertz CT molecular complexity index is 361. The van der Waals surface area contributed by atoms with Crippen molar-refractivity contribution in [3.8, 4) is 0 Å². The SMILES string of the molecule is CC(C)(Br)C(=O)Br.CCC(CO)NC(=O)C(C)(C)Br.CCC(N)CO. The lowest BCUT2D eigenvalue weighted by atomic mass is 10.1. The summed E-state index contributed by atoms with van der Waals surface area (Å²) >= 11 is 9.19. The molecule has 152 valence electrons. The van der Waals surface area contributed by atoms with Crippen molar-refractivity contribution in [3.05, 3.63) is 0 Å². The first-order valence-electron chi connectivity index (χ1n) is 8.03. The van der Waals surface area contributed by atoms with Crippen LogP contribution in [0.4, 0.5) is 0 Å². The van der Waals surface area contributed by atoms with Crippen molar-refractivity contribution in [2.75, 3.05) is 13.2 Å². The first-order chi connectivity index (χ1) is 11.2. The number of hydrogen-bond donors (Lipinski definition) is 4. The number of nitrogens with one attached hydrogen (secondary N) is 1. The topological polar surface area (TPSA) is 113 Å². The minimum atomic E-state index is -0.560. The summed E-state index contributed by atoms with van der Waals surface area (Å²) in [7, 11) is 0. The van der Waals surface area contributed by atoms with Gasteiger partial charge in [-0.3, -0.25) is 9.59 Å². The van der Waals surface area contributed by atoms with Crippen LogP contribution in [0.2, 0.25) is 0 Å². The van der Waals surface area contributed by atoms with Gasteiger partial charge in [0.1, 0.15) is 0 Å². The van der Waals surface area contributed by atoms with Gasteiger partial charge in [-0.2, -0.15) is 0 Å². The van der Waals surface area contributed by atoms with E-state index in [4.69, 9.17) is 15.9 Å². The fraction of sp³-hybridized carbons (Fsp3) is 0.875. The molecule has 0 spiro atoms. The average molecular weight is 557 g/mol. The fourth-order valence-electron chi connectivity index (χ4n) is 0.763. The maximum atomic E-state index is 11.3. The zero-order valence-electron chi connectivity index (χ0n) is 15.9. The lowest BCUT2D eigenvalue weighted by Gasteiger charge is -2.20. The van der Waals surface area contributed by atoms with Gasteiger partial charge in [0.25, 0.3) is 0 Å². The Morgan fingerprint density at radius 2 is 1.40 bits per heavy atom. The van der Waals surface area contributed by atoms with Crippen molar-refractivity contribution >= 4 is 58.4 Å². The Morgan fingerprint density at radius 3 is 1.52 bits per heavy atom. The van der Waals surface area contributed by atoms with E-state index in [1.54, 1.807) is 27.7 Å². The van der Waals surface area contributed by atoms with E-state index in [9.17, 15) is 9.59 Å². The van der Waals surface area contributed by atoms with E-state index in [2.05, 4.69) is 53.1 Å². The number of aliphatic hydroxyl groups excluding tert-OH is 2. The number of halogens is 3. The van der Waals surface area contributed by atoms with Crippen LogP contribution in [0.15, 0.2) is 0 Å². The van der Waals surface area contributed by atoms with Gasteiger partial charge in [-0.15, -0.1) is 0 Å². The van der Waals surface area contributed by atoms with E-state index in [0.29, 0.717) is 0 Å². The highest BCUT2D eigenvalue weighted by atomic mass is 79.9. The number of carbonyl (C=O) groups is 2. The third kappa shape index (κ3) is 20.6. The van der Waals surface area contributed by atoms with Crippen molar-refractivity contribution in [1.82, 2.24) is 5.32 Å². The molecule has 0 heterocycles. The lowest BCUT2D eigenvalue weighted by Crippen LogP contribution is -2.44. The van der Waals surface area contributed by atoms with Crippen LogP contribution in [0, 0.1) is 0 Å². The molecule has 6 nitrogen and oxygen atoms in total. The number of amides is 1. The largest absolute Gasteiger partial charge is 0.395 e. The van der Waals surface area contributed by atoms with Gasteiger partial charge >= 0.3 is 0 Å². The van der Waals surface area contributed by atoms with Gasteiger partial charge in [0.05, 0.1) is 27.9 Å². The standard InChI is InChI=1S/C8H16BrNO2.C4H6Br2O.C4H11NO/c1-4-6(5-11)10-7(12)8(2,3)9;1-4(2,6)3(5)7;1-2-4(5)3-6/h6,11H,4-5H2,1-3H3,(H,10,12);1-2H3;4,6H,2-3,5H2,1H3. The summed E-state index contributed by atoms with van der Waals surface area (Å²) in [5.74, 6) is -0.0941. The zero-order chi connectivity index (χ0) is 20.8. The summed E-state index contributed by atoms with van der Waals surface area (Å²) in [4.78, 5) is 21.7. The molecule has 0 aromatic heterocycles. The van der Waals surface area contributed by atoms with Crippen molar-refractivity contribution in [2.24, 2.45) is 5.73 Å². The summed E-state index contributed by atoms with van der Waals surface area (Å²) in [5, 5.41) is 19.7. The number of aliphatic hydroxyl groups is 2. The average Bonchev–Trinajstić information content (AvgIpc) is 2.50. The van der Waals surface area contributed by atoms with Gasteiger partial charge < -0.3 is 21.3 Å². The molecule has 0 aromatic carbocycles. The third-order valence-electron chi connectivity index (χ3n) is 2.81. The van der Waals surface area contributed by atoms with Gasteiger partial charge in [0.15, 0.2) is 0 Å². The van der Waals surface area contributed by atoms with Gasteiger partial charge in [-0.25, -0.2) is 0 Å². The molecular weight excluding hydrogens is 524 g/mol. The molecule has 0 aliphatic carbocycles. The molecule has 5 N–H and O–H groups in total. The fourth-order valence-corrected chi connectivity index (χ4v) is 0.877. The Hall–Kier alpha value is 0.460. The number of alkyl halides is 2. The van der Waals surface area contributed by atoms with E-state index in [1.165, 1.54) is 0 Å². The van der Waals surface area contributed by atoms with E-state index in [0.717, 1.165) is 12.8 Å². The predicted molar refractivity (Wildman–Crippen MR) is 115 cm³/mol. The molecule has 1 amide bonds. The highest BCUT2D eigenvalue weighted by Crippen LogP contribution is 2.19. The molecule has 0 bridgehead atoms. The summed E-state index contributed by atoms with van der Waals surface area (Å²) < 4.78 is -0.997. The van der Waals surface area contributed by atoms with Crippen LogP contribution in [0.5, 0.6) is 0 Å². The lowest BCUT2D eigenvalue weighted by molar-refractivity contribution is -0.123. The second-order valence-electron chi connectivity index (χ2n) is 6.33. The monoisotopic (exact) mass is 554 g/mol. The van der Waals surface area contributed by atoms with Crippen LogP contribution >= 0.6 is 47.8 Å². The minimum Gasteiger partial charge on any atom is -0.395 e. The summed E-state index contributed by atoms with van der Waals surface area (Å²) in [6.45, 7) is 11.1. The van der Waals surface area contributed by atoms with Crippen molar-refractivity contribution in [2.45, 2.75) is 75.1 Å². The maximum Gasteiger partial charge on any atom is 0.236 e. The van der Waals surface area contributed by atoms with Gasteiger partial charge in [0.2, 0.25) is 10.6 Å². The second-order valence-corrected chi connectivity index (χ2v) is 11.0. The summed E-state index contributed by atoms with van der Waals surface area (Å²) in [5.41, 5.74) is 5.22. The van der Waals surface area contributed by atoms with E-state index < -0.39 is 8.65 Å². The Labute approximate surface area is 177 Å². The molecule has 0 fully saturated rings. The summed E-state index contributed by atoms with van der Waals surface area (Å²) in [6, 6.07) is -0.140. The molecule has 2 atom stereocenters. The first kappa shape index (κ1) is 30.2. The summed E-state index contributed by atoms with van der Waals surface area (Å²) in [6.07, 6.45) is 1.60. The normalized spacial score (nSPS) is 13.4. The molecule has 0 saturated heterocycles. The zero-order valence-corrected chi connectivity index (χ0v) is 20.7. The van der Waals surface area contributed by atoms with Crippen LogP contribution in [-0.2, 0) is 9.59 Å². The maximum absolute atomic E-state index is 11.3. The molecule has 2 unspecified atom stereocenters. The minimum absolute atomic E-state index is 0.00861. The van der Waals surface area contributed by atoms with Crippen LogP contribution in [0.1, 0.15) is 54.4 Å². The van der Waals surface area contributed by atoms with E-state index in [1.807, 2.05) is 13.8 Å². The number of nitrogens with two attached hydrogens (primary N) is 1. The quantitative estimate of drug-likeness (QED) is 0.284. The molecule has 0 aromatic rings. The molecule has 0 radical (unpaired) electrons. The highest BCUT2D eigenvalue weighted by Gasteiger charge is 2.25. The molecule has 0 saturated carbocycles. The first-order valence-corrected chi connectivity index (χ1v) is 10.4. The van der Waals surface area contributed by atoms with Gasteiger partial charge in [-0.05, 0) is 56.5 Å². The smallest absolute Gasteiger partial charge is 0.236 e. The van der Waals surface area contributed by atoms with Gasteiger partial charge in [0, 0.05) is 6.04 Å². The Morgan fingerprint density at radius 1 is 1.00 bits per heavy atom. The molecule has 0 rings (SSSR count). The van der Waals surface area contributed by atoms with Crippen molar-refractivity contribution in [3.63, 3.8) is 0 Å². The van der Waals surface area contributed by atoms with Crippen LogP contribution in [0.3, 0.4) is 0 Å². The Kier molecular flexibility index (Phi) is 18.7. The molecule has 0 aliphatic heterocycles. The molecular formula is C16H33Br3N2O4. The van der Waals surface area contributed by atoms with Crippen LogP contribution in [0.25, 0.3) is 0 Å². The highest BCUT2D eigenvalue weighted by molar-refractivity contribution is 9.20. The second kappa shape index (κ2) is 15.5. The van der Waals surface area contributed by atoms with Crippen molar-refractivity contribution in [1.29, 1.82) is 0 Å². The van der Waals surface area contributed by atoms with Crippen molar-refractivity contribution < 1.29 is 19.8 Å². The predicted octanol–water partition coefficient (Wildman–Crippen LogP) is 2.84. The number of carbonyl (C=O) groups excluding carboxylic acids is 2. The molecule has 0 aliphatic rings. The van der Waals surface area contributed by atoms with E-state index in [-0.39, 0.29) is 35.9 Å². The molecule has 9 heteroatoms.